The van der Waals surface area contributed by atoms with E-state index in [1.807, 2.05) is 12.1 Å². The molecule has 0 aliphatic heterocycles. The number of benzene rings is 2. The highest BCUT2D eigenvalue weighted by Crippen LogP contribution is 2.29. The molecule has 0 aromatic heterocycles. The van der Waals surface area contributed by atoms with Crippen LogP contribution in [0.5, 0.6) is 0 Å². The van der Waals surface area contributed by atoms with E-state index in [2.05, 4.69) is 37.2 Å². The van der Waals surface area contributed by atoms with Gasteiger partial charge in [0.25, 0.3) is 5.69 Å². The fourth-order valence-corrected chi connectivity index (χ4v) is 2.62. The monoisotopic (exact) mass is 418 g/mol. The molecule has 0 bridgehead atoms. The number of hydrogen-bond donors (Lipinski definition) is 1. The van der Waals surface area contributed by atoms with Gasteiger partial charge in [0.1, 0.15) is 5.69 Å². The minimum Gasteiger partial charge on any atom is -0.375 e. The Bertz CT molecular complexity index is 665. The third-order valence-electron chi connectivity index (χ3n) is 2.63. The van der Waals surface area contributed by atoms with Crippen molar-refractivity contribution in [3.8, 4) is 0 Å². The first kappa shape index (κ1) is 15.3. The lowest BCUT2D eigenvalue weighted by molar-refractivity contribution is -0.384. The summed E-state index contributed by atoms with van der Waals surface area (Å²) in [6.07, 6.45) is 0. The zero-order valence-corrected chi connectivity index (χ0v) is 14.0. The molecule has 0 saturated heterocycles. The summed E-state index contributed by atoms with van der Waals surface area (Å²) in [6, 6.07) is 10.4. The number of nitro groups is 1. The Labute approximate surface area is 137 Å². The van der Waals surface area contributed by atoms with Crippen LogP contribution in [0.15, 0.2) is 45.3 Å². The Hall–Kier alpha value is -1.11. The predicted molar refractivity (Wildman–Crippen MR) is 87.3 cm³/mol. The summed E-state index contributed by atoms with van der Waals surface area (Å²) in [6.45, 7) is 0.404. The van der Waals surface area contributed by atoms with Crippen LogP contribution in [0.3, 0.4) is 0 Å². The molecule has 0 heterocycles. The van der Waals surface area contributed by atoms with Crippen molar-refractivity contribution in [1.82, 2.24) is 0 Å². The van der Waals surface area contributed by atoms with Crippen LogP contribution in [-0.4, -0.2) is 4.92 Å². The Morgan fingerprint density at radius 1 is 1.15 bits per heavy atom. The SMILES string of the molecule is O=[N+]([O-])c1cc(Br)ccc1NCc1cc(Br)ccc1Cl. The highest BCUT2D eigenvalue weighted by molar-refractivity contribution is 9.10. The lowest BCUT2D eigenvalue weighted by atomic mass is 10.2. The summed E-state index contributed by atoms with van der Waals surface area (Å²) in [5, 5.41) is 14.7. The molecule has 0 radical (unpaired) electrons. The number of rotatable bonds is 4. The molecule has 0 saturated carbocycles. The van der Waals surface area contributed by atoms with Gasteiger partial charge in [-0.1, -0.05) is 43.5 Å². The Balaban J connectivity index is 2.23. The average Bonchev–Trinajstić information content (AvgIpc) is 2.40. The molecule has 1 N–H and O–H groups in total. The highest BCUT2D eigenvalue weighted by atomic mass is 79.9. The minimum absolute atomic E-state index is 0.0190. The number of hydrogen-bond acceptors (Lipinski definition) is 3. The molecule has 0 aliphatic rings. The third-order valence-corrected chi connectivity index (χ3v) is 3.99. The maximum absolute atomic E-state index is 11.0. The second-order valence-corrected chi connectivity index (χ2v) is 6.25. The van der Waals surface area contributed by atoms with E-state index in [1.165, 1.54) is 6.07 Å². The third kappa shape index (κ3) is 3.71. The summed E-state index contributed by atoms with van der Waals surface area (Å²) >= 11 is 12.7. The summed E-state index contributed by atoms with van der Waals surface area (Å²) in [5.74, 6) is 0. The van der Waals surface area contributed by atoms with Crippen LogP contribution in [-0.2, 0) is 6.54 Å². The number of nitro benzene ring substituents is 1. The van der Waals surface area contributed by atoms with E-state index in [0.29, 0.717) is 21.7 Å². The Morgan fingerprint density at radius 2 is 1.80 bits per heavy atom. The summed E-state index contributed by atoms with van der Waals surface area (Å²) in [4.78, 5) is 10.6. The Morgan fingerprint density at radius 3 is 2.50 bits per heavy atom. The van der Waals surface area contributed by atoms with E-state index < -0.39 is 4.92 Å². The van der Waals surface area contributed by atoms with Crippen molar-refractivity contribution in [1.29, 1.82) is 0 Å². The van der Waals surface area contributed by atoms with Crippen molar-refractivity contribution < 1.29 is 4.92 Å². The number of anilines is 1. The van der Waals surface area contributed by atoms with Crippen LogP contribution < -0.4 is 5.32 Å². The fourth-order valence-electron chi connectivity index (χ4n) is 1.67. The van der Waals surface area contributed by atoms with Crippen molar-refractivity contribution in [3.05, 3.63) is 66.0 Å². The van der Waals surface area contributed by atoms with Gasteiger partial charge < -0.3 is 5.32 Å². The normalized spacial score (nSPS) is 10.3. The minimum atomic E-state index is -0.421. The molecule has 0 fully saturated rings. The lowest BCUT2D eigenvalue weighted by Gasteiger charge is -2.09. The first-order chi connectivity index (χ1) is 9.47. The van der Waals surface area contributed by atoms with Gasteiger partial charge >= 0.3 is 0 Å². The molecular weight excluding hydrogens is 411 g/mol. The van der Waals surface area contributed by atoms with Crippen molar-refractivity contribution in [2.24, 2.45) is 0 Å². The molecule has 0 spiro atoms. The summed E-state index contributed by atoms with van der Waals surface area (Å²) < 4.78 is 1.57. The maximum Gasteiger partial charge on any atom is 0.293 e. The second-order valence-electron chi connectivity index (χ2n) is 4.01. The van der Waals surface area contributed by atoms with Gasteiger partial charge in [0, 0.05) is 26.6 Å². The van der Waals surface area contributed by atoms with Crippen molar-refractivity contribution in [3.63, 3.8) is 0 Å². The molecule has 4 nitrogen and oxygen atoms in total. The lowest BCUT2D eigenvalue weighted by Crippen LogP contribution is -2.03. The highest BCUT2D eigenvalue weighted by Gasteiger charge is 2.14. The van der Waals surface area contributed by atoms with E-state index in [9.17, 15) is 10.1 Å². The van der Waals surface area contributed by atoms with Crippen LogP contribution in [0.25, 0.3) is 0 Å². The van der Waals surface area contributed by atoms with Gasteiger partial charge in [-0.25, -0.2) is 0 Å². The Kier molecular flexibility index (Phi) is 5.01. The van der Waals surface area contributed by atoms with Gasteiger partial charge in [0.05, 0.1) is 4.92 Å². The van der Waals surface area contributed by atoms with E-state index in [1.54, 1.807) is 18.2 Å². The predicted octanol–water partition coefficient (Wildman–Crippen LogP) is 5.39. The van der Waals surface area contributed by atoms with Crippen LogP contribution in [0.1, 0.15) is 5.56 Å². The zero-order valence-electron chi connectivity index (χ0n) is 10.1. The van der Waals surface area contributed by atoms with Gasteiger partial charge in [-0.3, -0.25) is 10.1 Å². The second kappa shape index (κ2) is 6.56. The van der Waals surface area contributed by atoms with Gasteiger partial charge in [0.2, 0.25) is 0 Å². The number of nitrogens with zero attached hydrogens (tertiary/aromatic N) is 1. The average molecular weight is 420 g/mol. The molecule has 0 aliphatic carbocycles. The van der Waals surface area contributed by atoms with Crippen molar-refractivity contribution >= 4 is 54.8 Å². The van der Waals surface area contributed by atoms with Crippen LogP contribution in [0.2, 0.25) is 5.02 Å². The molecule has 0 amide bonds. The fraction of sp³-hybridized carbons (Fsp3) is 0.0769. The largest absolute Gasteiger partial charge is 0.375 e. The number of halogens is 3. The van der Waals surface area contributed by atoms with E-state index in [-0.39, 0.29) is 5.69 Å². The molecule has 2 aromatic rings. The maximum atomic E-state index is 11.0. The van der Waals surface area contributed by atoms with Crippen LogP contribution in [0, 0.1) is 10.1 Å². The van der Waals surface area contributed by atoms with Crippen LogP contribution >= 0.6 is 43.5 Å². The smallest absolute Gasteiger partial charge is 0.293 e. The first-order valence-electron chi connectivity index (χ1n) is 5.59. The molecule has 2 aromatic carbocycles. The van der Waals surface area contributed by atoms with Gasteiger partial charge in [-0.15, -0.1) is 0 Å². The molecule has 7 heteroatoms. The van der Waals surface area contributed by atoms with Gasteiger partial charge in [-0.05, 0) is 35.9 Å². The van der Waals surface area contributed by atoms with Crippen molar-refractivity contribution in [2.45, 2.75) is 6.54 Å². The first-order valence-corrected chi connectivity index (χ1v) is 7.55. The summed E-state index contributed by atoms with van der Waals surface area (Å²) in [7, 11) is 0. The number of nitrogens with one attached hydrogen (secondary N) is 1. The molecule has 0 atom stereocenters. The summed E-state index contributed by atoms with van der Waals surface area (Å²) in [5.41, 5.74) is 1.33. The standard InChI is InChI=1S/C13H9Br2ClN2O2/c14-9-1-3-11(16)8(5-9)7-17-12-4-2-10(15)6-13(12)18(19)20/h1-6,17H,7H2. The van der Waals surface area contributed by atoms with E-state index in [4.69, 9.17) is 11.6 Å². The van der Waals surface area contributed by atoms with Gasteiger partial charge in [0.15, 0.2) is 0 Å². The van der Waals surface area contributed by atoms with E-state index >= 15 is 0 Å². The topological polar surface area (TPSA) is 55.2 Å². The molecular formula is C13H9Br2ClN2O2. The van der Waals surface area contributed by atoms with Crippen LogP contribution in [0.4, 0.5) is 11.4 Å². The molecule has 20 heavy (non-hydrogen) atoms. The zero-order chi connectivity index (χ0) is 14.7. The molecule has 2 rings (SSSR count). The van der Waals surface area contributed by atoms with Crippen molar-refractivity contribution in [2.75, 3.05) is 5.32 Å². The van der Waals surface area contributed by atoms with E-state index in [0.717, 1.165) is 10.0 Å². The molecule has 0 unspecified atom stereocenters. The van der Waals surface area contributed by atoms with Gasteiger partial charge in [-0.2, -0.15) is 0 Å². The quantitative estimate of drug-likeness (QED) is 0.533. The molecule has 104 valence electrons.